The molecule has 7 heteroatoms. The lowest BCUT2D eigenvalue weighted by Crippen LogP contribution is -2.26. The first-order valence-electron chi connectivity index (χ1n) is 8.09. The van der Waals surface area contributed by atoms with Crippen molar-refractivity contribution in [2.75, 3.05) is 14.2 Å². The van der Waals surface area contributed by atoms with Crippen LogP contribution in [-0.4, -0.2) is 34.9 Å². The zero-order valence-electron chi connectivity index (χ0n) is 14.8. The van der Waals surface area contributed by atoms with Gasteiger partial charge in [0, 0.05) is 11.6 Å². The molecule has 0 saturated heterocycles. The third-order valence-electron chi connectivity index (χ3n) is 4.04. The van der Waals surface area contributed by atoms with Gasteiger partial charge in [0.1, 0.15) is 24.2 Å². The standard InChI is InChI=1S/C19H20N4O3/c1-13(14-4-6-16(7-5-14)23-12-20-11-21-23)22-19(24)15-8-17(25-2)10-18(9-15)26-3/h4-13H,1-3H3,(H,22,24)/t13-/m1/s1. The van der Waals surface area contributed by atoms with Crippen molar-refractivity contribution in [3.63, 3.8) is 0 Å². The molecule has 0 unspecified atom stereocenters. The van der Waals surface area contributed by atoms with Gasteiger partial charge >= 0.3 is 0 Å². The number of carbonyl (C=O) groups excluding carboxylic acids is 1. The maximum Gasteiger partial charge on any atom is 0.252 e. The zero-order valence-corrected chi connectivity index (χ0v) is 14.8. The lowest BCUT2D eigenvalue weighted by molar-refractivity contribution is 0.0939. The van der Waals surface area contributed by atoms with Gasteiger partial charge in [-0.05, 0) is 36.8 Å². The SMILES string of the molecule is COc1cc(OC)cc(C(=O)N[C@H](C)c2ccc(-n3cncn3)cc2)c1. The number of amides is 1. The van der Waals surface area contributed by atoms with Crippen molar-refractivity contribution in [1.82, 2.24) is 20.1 Å². The summed E-state index contributed by atoms with van der Waals surface area (Å²) in [6.45, 7) is 1.93. The van der Waals surface area contributed by atoms with Crippen LogP contribution in [0, 0.1) is 0 Å². The van der Waals surface area contributed by atoms with Gasteiger partial charge in [0.25, 0.3) is 5.91 Å². The normalized spacial score (nSPS) is 11.7. The molecule has 3 aromatic rings. The molecule has 2 aromatic carbocycles. The molecular weight excluding hydrogens is 332 g/mol. The van der Waals surface area contributed by atoms with Crippen LogP contribution in [0.4, 0.5) is 0 Å². The number of benzene rings is 2. The predicted octanol–water partition coefficient (Wildman–Crippen LogP) is 2.78. The van der Waals surface area contributed by atoms with E-state index in [9.17, 15) is 4.79 Å². The van der Waals surface area contributed by atoms with Crippen molar-refractivity contribution in [3.05, 3.63) is 66.2 Å². The number of carbonyl (C=O) groups is 1. The third-order valence-corrected chi connectivity index (χ3v) is 4.04. The Morgan fingerprint density at radius 2 is 1.73 bits per heavy atom. The first kappa shape index (κ1) is 17.5. The number of ether oxygens (including phenoxy) is 2. The Kier molecular flexibility index (Phi) is 5.17. The van der Waals surface area contributed by atoms with E-state index in [2.05, 4.69) is 15.4 Å². The zero-order chi connectivity index (χ0) is 18.5. The summed E-state index contributed by atoms with van der Waals surface area (Å²) in [5.74, 6) is 0.939. The summed E-state index contributed by atoms with van der Waals surface area (Å²) in [4.78, 5) is 16.5. The molecule has 3 rings (SSSR count). The van der Waals surface area contributed by atoms with E-state index in [0.717, 1.165) is 11.3 Å². The number of aromatic nitrogens is 3. The Hall–Kier alpha value is -3.35. The van der Waals surface area contributed by atoms with Gasteiger partial charge in [-0.25, -0.2) is 9.67 Å². The number of hydrogen-bond acceptors (Lipinski definition) is 5. The maximum atomic E-state index is 12.6. The van der Waals surface area contributed by atoms with Crippen LogP contribution < -0.4 is 14.8 Å². The van der Waals surface area contributed by atoms with Crippen LogP contribution in [0.3, 0.4) is 0 Å². The highest BCUT2D eigenvalue weighted by Crippen LogP contribution is 2.23. The number of nitrogens with zero attached hydrogens (tertiary/aromatic N) is 3. The Balaban J connectivity index is 1.73. The van der Waals surface area contributed by atoms with Crippen molar-refractivity contribution >= 4 is 5.91 Å². The largest absolute Gasteiger partial charge is 0.497 e. The molecule has 0 aliphatic heterocycles. The van der Waals surface area contributed by atoms with Gasteiger partial charge in [0.05, 0.1) is 25.9 Å². The van der Waals surface area contributed by atoms with E-state index in [-0.39, 0.29) is 11.9 Å². The van der Waals surface area contributed by atoms with Crippen LogP contribution in [0.5, 0.6) is 11.5 Å². The molecule has 0 saturated carbocycles. The van der Waals surface area contributed by atoms with E-state index in [4.69, 9.17) is 9.47 Å². The van der Waals surface area contributed by atoms with Gasteiger partial charge in [0.2, 0.25) is 0 Å². The molecule has 7 nitrogen and oxygen atoms in total. The van der Waals surface area contributed by atoms with Gasteiger partial charge in [-0.15, -0.1) is 0 Å². The fraction of sp³-hybridized carbons (Fsp3) is 0.211. The molecule has 1 N–H and O–H groups in total. The average Bonchev–Trinajstić information content (AvgIpc) is 3.22. The minimum atomic E-state index is -0.199. The summed E-state index contributed by atoms with van der Waals surface area (Å²) in [5.41, 5.74) is 2.37. The van der Waals surface area contributed by atoms with E-state index in [0.29, 0.717) is 17.1 Å². The third kappa shape index (κ3) is 3.83. The summed E-state index contributed by atoms with van der Waals surface area (Å²) in [6, 6.07) is 12.7. The molecule has 0 fully saturated rings. The molecule has 0 aliphatic rings. The molecule has 1 amide bonds. The Morgan fingerprint density at radius 1 is 1.08 bits per heavy atom. The summed E-state index contributed by atoms with van der Waals surface area (Å²) in [6.07, 6.45) is 3.12. The average molecular weight is 352 g/mol. The van der Waals surface area contributed by atoms with Crippen LogP contribution in [0.15, 0.2) is 55.1 Å². The van der Waals surface area contributed by atoms with Crippen molar-refractivity contribution in [2.24, 2.45) is 0 Å². The number of hydrogen-bond donors (Lipinski definition) is 1. The van der Waals surface area contributed by atoms with E-state index < -0.39 is 0 Å². The second-order valence-corrected chi connectivity index (χ2v) is 5.73. The highest BCUT2D eigenvalue weighted by Gasteiger charge is 2.14. The first-order valence-corrected chi connectivity index (χ1v) is 8.09. The topological polar surface area (TPSA) is 78.3 Å². The molecule has 0 bridgehead atoms. The Bertz CT molecular complexity index is 854. The van der Waals surface area contributed by atoms with Gasteiger partial charge < -0.3 is 14.8 Å². The van der Waals surface area contributed by atoms with Gasteiger partial charge in [-0.3, -0.25) is 4.79 Å². The maximum absolute atomic E-state index is 12.6. The van der Waals surface area contributed by atoms with Crippen molar-refractivity contribution in [1.29, 1.82) is 0 Å². The smallest absolute Gasteiger partial charge is 0.252 e. The van der Waals surface area contributed by atoms with E-state index in [1.54, 1.807) is 43.4 Å². The van der Waals surface area contributed by atoms with Crippen LogP contribution >= 0.6 is 0 Å². The molecule has 0 aliphatic carbocycles. The molecular formula is C19H20N4O3. The molecule has 1 heterocycles. The summed E-state index contributed by atoms with van der Waals surface area (Å²) >= 11 is 0. The second-order valence-electron chi connectivity index (χ2n) is 5.73. The molecule has 134 valence electrons. The second kappa shape index (κ2) is 7.69. The van der Waals surface area contributed by atoms with Crippen LogP contribution in [0.2, 0.25) is 0 Å². The number of nitrogens with one attached hydrogen (secondary N) is 1. The van der Waals surface area contributed by atoms with Gasteiger partial charge in [-0.1, -0.05) is 12.1 Å². The molecule has 1 atom stereocenters. The van der Waals surface area contributed by atoms with Gasteiger partial charge in [-0.2, -0.15) is 5.10 Å². The number of rotatable bonds is 6. The van der Waals surface area contributed by atoms with Crippen molar-refractivity contribution in [2.45, 2.75) is 13.0 Å². The predicted molar refractivity (Wildman–Crippen MR) is 96.8 cm³/mol. The van der Waals surface area contributed by atoms with Crippen molar-refractivity contribution in [3.8, 4) is 17.2 Å². The lowest BCUT2D eigenvalue weighted by Gasteiger charge is -2.16. The summed E-state index contributed by atoms with van der Waals surface area (Å²) in [5, 5.41) is 7.08. The minimum absolute atomic E-state index is 0.163. The highest BCUT2D eigenvalue weighted by atomic mass is 16.5. The minimum Gasteiger partial charge on any atom is -0.497 e. The quantitative estimate of drug-likeness (QED) is 0.738. The van der Waals surface area contributed by atoms with E-state index in [1.165, 1.54) is 6.33 Å². The summed E-state index contributed by atoms with van der Waals surface area (Å²) < 4.78 is 12.1. The highest BCUT2D eigenvalue weighted by molar-refractivity contribution is 5.95. The van der Waals surface area contributed by atoms with Crippen molar-refractivity contribution < 1.29 is 14.3 Å². The van der Waals surface area contributed by atoms with E-state index >= 15 is 0 Å². The fourth-order valence-electron chi connectivity index (χ4n) is 2.56. The fourth-order valence-corrected chi connectivity index (χ4v) is 2.56. The molecule has 0 spiro atoms. The first-order chi connectivity index (χ1) is 12.6. The van der Waals surface area contributed by atoms with Crippen LogP contribution in [-0.2, 0) is 0 Å². The Labute approximate surface area is 151 Å². The summed E-state index contributed by atoms with van der Waals surface area (Å²) in [7, 11) is 3.10. The van der Waals surface area contributed by atoms with Crippen LogP contribution in [0.1, 0.15) is 28.9 Å². The molecule has 26 heavy (non-hydrogen) atoms. The van der Waals surface area contributed by atoms with Crippen LogP contribution in [0.25, 0.3) is 5.69 Å². The lowest BCUT2D eigenvalue weighted by atomic mass is 10.1. The van der Waals surface area contributed by atoms with E-state index in [1.807, 2.05) is 31.2 Å². The Morgan fingerprint density at radius 3 is 2.27 bits per heavy atom. The number of methoxy groups -OCH3 is 2. The molecule has 1 aromatic heterocycles. The molecule has 0 radical (unpaired) electrons. The monoisotopic (exact) mass is 352 g/mol. The van der Waals surface area contributed by atoms with Gasteiger partial charge in [0.15, 0.2) is 0 Å².